The maximum atomic E-state index is 11.9. The Kier molecular flexibility index (Phi) is 7.27. The molecule has 0 bridgehead atoms. The fourth-order valence-corrected chi connectivity index (χ4v) is 3.51. The predicted molar refractivity (Wildman–Crippen MR) is 97.2 cm³/mol. The number of carbonyl (C=O) groups excluding carboxylic acids is 1. The van der Waals surface area contributed by atoms with E-state index in [1.54, 1.807) is 0 Å². The van der Waals surface area contributed by atoms with Gasteiger partial charge in [0.05, 0.1) is 12.7 Å². The van der Waals surface area contributed by atoms with Gasteiger partial charge in [-0.15, -0.1) is 0 Å². The van der Waals surface area contributed by atoms with E-state index in [4.69, 9.17) is 9.47 Å². The Morgan fingerprint density at radius 1 is 1.20 bits per heavy atom. The summed E-state index contributed by atoms with van der Waals surface area (Å²) in [5.74, 6) is -0.0687. The van der Waals surface area contributed by atoms with E-state index in [1.165, 1.54) is 37.9 Å². The van der Waals surface area contributed by atoms with Crippen LogP contribution in [0.1, 0.15) is 43.2 Å². The zero-order valence-corrected chi connectivity index (χ0v) is 15.0. The molecule has 0 radical (unpaired) electrons. The molecular weight excluding hydrogens is 316 g/mol. The molecule has 1 aromatic rings. The molecule has 2 heterocycles. The van der Waals surface area contributed by atoms with E-state index in [1.807, 2.05) is 0 Å². The molecule has 5 heteroatoms. The molecule has 1 N–H and O–H groups in total. The Hall–Kier alpha value is -1.43. The van der Waals surface area contributed by atoms with E-state index >= 15 is 0 Å². The minimum absolute atomic E-state index is 0.0687. The lowest BCUT2D eigenvalue weighted by atomic mass is 10.1. The Balaban J connectivity index is 1.35. The van der Waals surface area contributed by atoms with Gasteiger partial charge in [-0.25, -0.2) is 0 Å². The lowest BCUT2D eigenvalue weighted by Crippen LogP contribution is -2.30. The number of likely N-dealkylation sites (tertiary alicyclic amines) is 1. The van der Waals surface area contributed by atoms with Crippen LogP contribution in [0.5, 0.6) is 0 Å². The van der Waals surface area contributed by atoms with Crippen LogP contribution in [-0.4, -0.2) is 49.8 Å². The van der Waals surface area contributed by atoms with Gasteiger partial charge < -0.3 is 14.8 Å². The molecule has 2 aliphatic heterocycles. The third-order valence-corrected chi connectivity index (χ3v) is 4.90. The molecule has 2 fully saturated rings. The fourth-order valence-electron chi connectivity index (χ4n) is 3.51. The quantitative estimate of drug-likeness (QED) is 0.786. The monoisotopic (exact) mass is 346 g/mol. The summed E-state index contributed by atoms with van der Waals surface area (Å²) in [6, 6.07) is 8.49. The van der Waals surface area contributed by atoms with Crippen molar-refractivity contribution in [1.82, 2.24) is 10.2 Å². The molecule has 1 aromatic carbocycles. The smallest absolute Gasteiger partial charge is 0.246 e. The minimum atomic E-state index is -0.0687. The molecule has 2 aliphatic rings. The van der Waals surface area contributed by atoms with Crippen molar-refractivity contribution in [3.63, 3.8) is 0 Å². The van der Waals surface area contributed by atoms with Crippen LogP contribution in [0.3, 0.4) is 0 Å². The summed E-state index contributed by atoms with van der Waals surface area (Å²) in [7, 11) is 0. The molecule has 0 saturated carbocycles. The van der Waals surface area contributed by atoms with Gasteiger partial charge in [0.2, 0.25) is 5.91 Å². The van der Waals surface area contributed by atoms with Crippen molar-refractivity contribution in [2.75, 3.05) is 32.9 Å². The fraction of sp³-hybridized carbons (Fsp3) is 0.650. The number of benzene rings is 1. The molecule has 5 nitrogen and oxygen atoms in total. The Morgan fingerprint density at radius 2 is 2.04 bits per heavy atom. The standard InChI is InChI=1S/C20H30N2O3/c23-20(16-24-15-19-8-1-4-11-25-19)21-13-17-6-5-7-18(12-17)14-22-9-2-3-10-22/h5-7,12,19H,1-4,8-11,13-16H2,(H,21,23)/t19-/m1/s1. The molecule has 0 unspecified atom stereocenters. The number of nitrogens with one attached hydrogen (secondary N) is 1. The van der Waals surface area contributed by atoms with Gasteiger partial charge in [-0.1, -0.05) is 24.3 Å². The minimum Gasteiger partial charge on any atom is -0.376 e. The molecular formula is C20H30N2O3. The van der Waals surface area contributed by atoms with Gasteiger partial charge in [0.1, 0.15) is 6.61 Å². The highest BCUT2D eigenvalue weighted by Gasteiger charge is 2.14. The molecule has 1 atom stereocenters. The highest BCUT2D eigenvalue weighted by atomic mass is 16.5. The lowest BCUT2D eigenvalue weighted by molar-refractivity contribution is -0.128. The Labute approximate surface area is 150 Å². The van der Waals surface area contributed by atoms with Crippen LogP contribution in [0, 0.1) is 0 Å². The van der Waals surface area contributed by atoms with E-state index < -0.39 is 0 Å². The van der Waals surface area contributed by atoms with Gasteiger partial charge in [0.15, 0.2) is 0 Å². The molecule has 3 rings (SSSR count). The second kappa shape index (κ2) is 9.90. The SMILES string of the molecule is O=C(COC[C@H]1CCCCO1)NCc1cccc(CN2CCCC2)c1. The van der Waals surface area contributed by atoms with Crippen LogP contribution in [0.15, 0.2) is 24.3 Å². The first-order chi connectivity index (χ1) is 12.3. The van der Waals surface area contributed by atoms with Crippen LogP contribution in [-0.2, 0) is 27.4 Å². The zero-order valence-electron chi connectivity index (χ0n) is 15.0. The number of rotatable bonds is 8. The molecule has 138 valence electrons. The highest BCUT2D eigenvalue weighted by Crippen LogP contribution is 2.14. The summed E-state index contributed by atoms with van der Waals surface area (Å²) in [6.07, 6.45) is 6.13. The van der Waals surface area contributed by atoms with Crippen molar-refractivity contribution in [2.45, 2.75) is 51.3 Å². The second-order valence-corrected chi connectivity index (χ2v) is 7.08. The number of hydrogen-bond donors (Lipinski definition) is 1. The van der Waals surface area contributed by atoms with Crippen LogP contribution >= 0.6 is 0 Å². The third kappa shape index (κ3) is 6.42. The Morgan fingerprint density at radius 3 is 2.84 bits per heavy atom. The number of hydrogen-bond acceptors (Lipinski definition) is 4. The first-order valence-corrected chi connectivity index (χ1v) is 9.56. The predicted octanol–water partition coefficient (Wildman–Crippen LogP) is 2.48. The van der Waals surface area contributed by atoms with Crippen molar-refractivity contribution >= 4 is 5.91 Å². The normalized spacial score (nSPS) is 21.4. The van der Waals surface area contributed by atoms with Gasteiger partial charge in [-0.3, -0.25) is 9.69 Å². The summed E-state index contributed by atoms with van der Waals surface area (Å²) in [4.78, 5) is 14.4. The number of carbonyl (C=O) groups is 1. The average molecular weight is 346 g/mol. The lowest BCUT2D eigenvalue weighted by Gasteiger charge is -2.22. The van der Waals surface area contributed by atoms with E-state index in [0.29, 0.717) is 13.2 Å². The van der Waals surface area contributed by atoms with Crippen molar-refractivity contribution in [3.05, 3.63) is 35.4 Å². The summed E-state index contributed by atoms with van der Waals surface area (Å²) >= 11 is 0. The van der Waals surface area contributed by atoms with Gasteiger partial charge in [-0.2, -0.15) is 0 Å². The van der Waals surface area contributed by atoms with Crippen LogP contribution < -0.4 is 5.32 Å². The van der Waals surface area contributed by atoms with E-state index in [2.05, 4.69) is 34.5 Å². The van der Waals surface area contributed by atoms with Gasteiger partial charge >= 0.3 is 0 Å². The maximum absolute atomic E-state index is 11.9. The van der Waals surface area contributed by atoms with Gasteiger partial charge in [0, 0.05) is 19.7 Å². The van der Waals surface area contributed by atoms with Crippen LogP contribution in [0.25, 0.3) is 0 Å². The molecule has 0 aromatic heterocycles. The van der Waals surface area contributed by atoms with E-state index in [-0.39, 0.29) is 18.6 Å². The summed E-state index contributed by atoms with van der Waals surface area (Å²) in [5, 5.41) is 2.94. The average Bonchev–Trinajstić information content (AvgIpc) is 3.14. The van der Waals surface area contributed by atoms with Crippen LogP contribution in [0.2, 0.25) is 0 Å². The number of ether oxygens (including phenoxy) is 2. The van der Waals surface area contributed by atoms with Gasteiger partial charge in [-0.05, 0) is 56.3 Å². The highest BCUT2D eigenvalue weighted by molar-refractivity contribution is 5.77. The number of nitrogens with zero attached hydrogens (tertiary/aromatic N) is 1. The molecule has 0 aliphatic carbocycles. The molecule has 25 heavy (non-hydrogen) atoms. The Bertz CT molecular complexity index is 537. The van der Waals surface area contributed by atoms with Crippen molar-refractivity contribution in [3.8, 4) is 0 Å². The number of amides is 1. The van der Waals surface area contributed by atoms with E-state index in [9.17, 15) is 4.79 Å². The first kappa shape index (κ1) is 18.4. The zero-order chi connectivity index (χ0) is 17.3. The topological polar surface area (TPSA) is 50.8 Å². The molecule has 0 spiro atoms. The largest absolute Gasteiger partial charge is 0.376 e. The summed E-state index contributed by atoms with van der Waals surface area (Å²) < 4.78 is 11.1. The summed E-state index contributed by atoms with van der Waals surface area (Å²) in [6.45, 7) is 5.38. The van der Waals surface area contributed by atoms with Crippen LogP contribution in [0.4, 0.5) is 0 Å². The van der Waals surface area contributed by atoms with E-state index in [0.717, 1.165) is 31.6 Å². The maximum Gasteiger partial charge on any atom is 0.246 e. The van der Waals surface area contributed by atoms with Crippen molar-refractivity contribution in [1.29, 1.82) is 0 Å². The van der Waals surface area contributed by atoms with Crippen molar-refractivity contribution in [2.24, 2.45) is 0 Å². The third-order valence-electron chi connectivity index (χ3n) is 4.90. The molecule has 1 amide bonds. The second-order valence-electron chi connectivity index (χ2n) is 7.08. The molecule has 2 saturated heterocycles. The first-order valence-electron chi connectivity index (χ1n) is 9.56. The van der Waals surface area contributed by atoms with Crippen molar-refractivity contribution < 1.29 is 14.3 Å². The summed E-state index contributed by atoms with van der Waals surface area (Å²) in [5.41, 5.74) is 2.46. The van der Waals surface area contributed by atoms with Gasteiger partial charge in [0.25, 0.3) is 0 Å².